The first-order valence-corrected chi connectivity index (χ1v) is 4.08. The number of carbonyl (C=O) groups excluding carboxylic acids is 1. The summed E-state index contributed by atoms with van der Waals surface area (Å²) >= 11 is 4.54. The fourth-order valence-corrected chi connectivity index (χ4v) is 0.957. The van der Waals surface area contributed by atoms with Gasteiger partial charge in [-0.05, 0) is 29.3 Å². The zero-order valence-corrected chi connectivity index (χ0v) is 7.76. The number of alkyl halides is 3. The lowest BCUT2D eigenvalue weighted by atomic mass is 10.1. The molecule has 1 rings (SSSR count). The molecular formula is C8H7ClF2N2O. The number of aromatic nitrogens is 1. The number of ketones is 1. The molecule has 0 aliphatic carbocycles. The fourth-order valence-electron chi connectivity index (χ4n) is 0.890. The summed E-state index contributed by atoms with van der Waals surface area (Å²) in [5.41, 5.74) is 5.66. The highest BCUT2D eigenvalue weighted by Gasteiger charge is 2.34. The monoisotopic (exact) mass is 220 g/mol. The third-order valence-electron chi connectivity index (χ3n) is 1.53. The van der Waals surface area contributed by atoms with Gasteiger partial charge in [0, 0.05) is 12.6 Å². The summed E-state index contributed by atoms with van der Waals surface area (Å²) in [6, 6.07) is 2.78. The highest BCUT2D eigenvalue weighted by Crippen LogP contribution is 2.22. The van der Waals surface area contributed by atoms with Gasteiger partial charge >= 0.3 is 5.38 Å². The highest BCUT2D eigenvalue weighted by molar-refractivity contribution is 6.32. The van der Waals surface area contributed by atoms with E-state index in [1.54, 1.807) is 0 Å². The topological polar surface area (TPSA) is 56.0 Å². The van der Waals surface area contributed by atoms with E-state index in [-0.39, 0.29) is 5.82 Å². The first-order valence-electron chi connectivity index (χ1n) is 3.70. The maximum atomic E-state index is 12.3. The first-order chi connectivity index (χ1) is 6.39. The zero-order chi connectivity index (χ0) is 10.8. The Hall–Kier alpha value is -1.23. The molecule has 0 aromatic carbocycles. The average Bonchev–Trinajstić information content (AvgIpc) is 2.02. The maximum absolute atomic E-state index is 12.3. The van der Waals surface area contributed by atoms with Gasteiger partial charge in [0.25, 0.3) is 0 Å². The van der Waals surface area contributed by atoms with Crippen molar-refractivity contribution in [1.82, 2.24) is 4.98 Å². The maximum Gasteiger partial charge on any atom is 0.380 e. The first kappa shape index (κ1) is 10.8. The van der Waals surface area contributed by atoms with E-state index >= 15 is 0 Å². The van der Waals surface area contributed by atoms with Crippen molar-refractivity contribution in [3.63, 3.8) is 0 Å². The van der Waals surface area contributed by atoms with Crippen LogP contribution in [0.5, 0.6) is 0 Å². The second-order valence-electron chi connectivity index (χ2n) is 2.69. The highest BCUT2D eigenvalue weighted by atomic mass is 35.5. The molecule has 0 radical (unpaired) electrons. The molecule has 0 atom stereocenters. The molecule has 76 valence electrons. The van der Waals surface area contributed by atoms with Gasteiger partial charge in [-0.3, -0.25) is 4.79 Å². The van der Waals surface area contributed by atoms with Crippen LogP contribution in [0.3, 0.4) is 0 Å². The van der Waals surface area contributed by atoms with Crippen LogP contribution >= 0.6 is 11.6 Å². The molecule has 0 unspecified atom stereocenters. The van der Waals surface area contributed by atoms with E-state index in [0.29, 0.717) is 5.56 Å². The lowest BCUT2D eigenvalue weighted by molar-refractivity contribution is -0.132. The molecule has 1 aromatic heterocycles. The molecular weight excluding hydrogens is 214 g/mol. The number of hydrogen-bond donors (Lipinski definition) is 1. The minimum absolute atomic E-state index is 0.174. The molecule has 2 N–H and O–H groups in total. The summed E-state index contributed by atoms with van der Waals surface area (Å²) in [7, 11) is 0. The second-order valence-corrected chi connectivity index (χ2v) is 3.16. The van der Waals surface area contributed by atoms with Crippen LogP contribution in [0.15, 0.2) is 18.3 Å². The normalized spacial score (nSPS) is 11.4. The molecule has 0 saturated heterocycles. The van der Waals surface area contributed by atoms with Crippen LogP contribution < -0.4 is 5.73 Å². The van der Waals surface area contributed by atoms with Crippen molar-refractivity contribution in [3.8, 4) is 0 Å². The Bertz CT molecular complexity index is 351. The SMILES string of the molecule is Nc1cc(CC(=O)C(F)(F)Cl)ccn1. The number of nitrogens with zero attached hydrogens (tertiary/aromatic N) is 1. The lowest BCUT2D eigenvalue weighted by Crippen LogP contribution is -2.23. The molecule has 14 heavy (non-hydrogen) atoms. The smallest absolute Gasteiger partial charge is 0.380 e. The van der Waals surface area contributed by atoms with Crippen LogP contribution in [0.4, 0.5) is 14.6 Å². The van der Waals surface area contributed by atoms with Crippen molar-refractivity contribution < 1.29 is 13.6 Å². The Kier molecular flexibility index (Phi) is 3.00. The molecule has 0 saturated carbocycles. The summed E-state index contributed by atoms with van der Waals surface area (Å²) in [5.74, 6) is -1.18. The number of hydrogen-bond acceptors (Lipinski definition) is 3. The summed E-state index contributed by atoms with van der Waals surface area (Å²) in [4.78, 5) is 14.5. The van der Waals surface area contributed by atoms with E-state index in [1.165, 1.54) is 18.3 Å². The Morgan fingerprint density at radius 3 is 2.79 bits per heavy atom. The third kappa shape index (κ3) is 2.92. The van der Waals surface area contributed by atoms with Crippen LogP contribution in [0, 0.1) is 0 Å². The average molecular weight is 221 g/mol. The Labute approximate surface area is 83.9 Å². The summed E-state index contributed by atoms with van der Waals surface area (Å²) < 4.78 is 24.5. The molecule has 0 bridgehead atoms. The molecule has 0 aliphatic rings. The molecule has 0 aliphatic heterocycles. The van der Waals surface area contributed by atoms with Gasteiger partial charge in [-0.1, -0.05) is 0 Å². The van der Waals surface area contributed by atoms with Crippen LogP contribution in [-0.2, 0) is 11.2 Å². The summed E-state index contributed by atoms with van der Waals surface area (Å²) in [6.07, 6.45) is 0.882. The van der Waals surface area contributed by atoms with E-state index in [0.717, 1.165) is 0 Å². The quantitative estimate of drug-likeness (QED) is 0.788. The molecule has 0 fully saturated rings. The number of nitrogens with two attached hydrogens (primary N) is 1. The molecule has 3 nitrogen and oxygen atoms in total. The van der Waals surface area contributed by atoms with E-state index in [9.17, 15) is 13.6 Å². The number of nitrogen functional groups attached to an aromatic ring is 1. The standard InChI is InChI=1S/C8H7ClF2N2O/c9-8(10,11)6(14)3-5-1-2-13-7(12)4-5/h1-2,4H,3H2,(H2,12,13). The second kappa shape index (κ2) is 3.88. The molecule has 1 heterocycles. The minimum atomic E-state index is -3.82. The van der Waals surface area contributed by atoms with Crippen LogP contribution in [-0.4, -0.2) is 16.1 Å². The Morgan fingerprint density at radius 2 is 2.29 bits per heavy atom. The van der Waals surface area contributed by atoms with Gasteiger partial charge in [0.15, 0.2) is 0 Å². The van der Waals surface area contributed by atoms with Gasteiger partial charge < -0.3 is 5.73 Å². The molecule has 6 heteroatoms. The number of anilines is 1. The summed E-state index contributed by atoms with van der Waals surface area (Å²) in [5, 5.41) is -3.82. The minimum Gasteiger partial charge on any atom is -0.384 e. The number of carbonyl (C=O) groups is 1. The number of rotatable bonds is 3. The van der Waals surface area contributed by atoms with Gasteiger partial charge in [-0.2, -0.15) is 8.78 Å². The van der Waals surface area contributed by atoms with Crippen molar-refractivity contribution in [2.45, 2.75) is 11.8 Å². The van der Waals surface area contributed by atoms with E-state index in [4.69, 9.17) is 5.73 Å². The van der Waals surface area contributed by atoms with Crippen LogP contribution in [0.25, 0.3) is 0 Å². The predicted octanol–water partition coefficient (Wildman–Crippen LogP) is 1.61. The Morgan fingerprint density at radius 1 is 1.64 bits per heavy atom. The molecule has 0 spiro atoms. The largest absolute Gasteiger partial charge is 0.384 e. The number of pyridine rings is 1. The van der Waals surface area contributed by atoms with Crippen molar-refractivity contribution in [2.24, 2.45) is 0 Å². The zero-order valence-electron chi connectivity index (χ0n) is 7.01. The van der Waals surface area contributed by atoms with Gasteiger partial charge in [0.05, 0.1) is 0 Å². The van der Waals surface area contributed by atoms with Crippen molar-refractivity contribution in [2.75, 3.05) is 5.73 Å². The van der Waals surface area contributed by atoms with E-state index in [1.807, 2.05) is 0 Å². The van der Waals surface area contributed by atoms with Crippen molar-refractivity contribution in [3.05, 3.63) is 23.9 Å². The van der Waals surface area contributed by atoms with E-state index < -0.39 is 17.6 Å². The van der Waals surface area contributed by atoms with Gasteiger partial charge in [-0.25, -0.2) is 4.98 Å². The van der Waals surface area contributed by atoms with Crippen LogP contribution in [0.1, 0.15) is 5.56 Å². The van der Waals surface area contributed by atoms with Gasteiger partial charge in [0.1, 0.15) is 5.82 Å². The van der Waals surface area contributed by atoms with Crippen molar-refractivity contribution >= 4 is 23.2 Å². The van der Waals surface area contributed by atoms with Crippen molar-refractivity contribution in [1.29, 1.82) is 0 Å². The van der Waals surface area contributed by atoms with Crippen LogP contribution in [0.2, 0.25) is 0 Å². The van der Waals surface area contributed by atoms with E-state index in [2.05, 4.69) is 16.6 Å². The van der Waals surface area contributed by atoms with Gasteiger partial charge in [0.2, 0.25) is 5.78 Å². The number of halogens is 3. The number of Topliss-reactive ketones (excluding diaryl/α,β-unsaturated/α-hetero) is 1. The molecule has 0 amide bonds. The Balaban J connectivity index is 2.75. The van der Waals surface area contributed by atoms with Gasteiger partial charge in [-0.15, -0.1) is 0 Å². The molecule has 1 aromatic rings. The fraction of sp³-hybridized carbons (Fsp3) is 0.250. The predicted molar refractivity (Wildman–Crippen MR) is 48.2 cm³/mol. The lowest BCUT2D eigenvalue weighted by Gasteiger charge is -2.06. The summed E-state index contributed by atoms with van der Waals surface area (Å²) in [6.45, 7) is 0. The third-order valence-corrected chi connectivity index (χ3v) is 1.74.